The number of benzene rings is 2. The zero-order chi connectivity index (χ0) is 16.9. The summed E-state index contributed by atoms with van der Waals surface area (Å²) < 4.78 is 27.4. The second-order valence-corrected chi connectivity index (χ2v) is 7.96. The number of likely N-dealkylation sites (N-methyl/N-ethyl adjacent to an activating group) is 1. The Hall–Kier alpha value is -1.11. The third-order valence-corrected chi connectivity index (χ3v) is 5.56. The quantitative estimate of drug-likeness (QED) is 0.728. The molecule has 0 aliphatic carbocycles. The van der Waals surface area contributed by atoms with E-state index in [9.17, 15) is 8.42 Å². The van der Waals surface area contributed by atoms with Crippen molar-refractivity contribution in [3.05, 3.63) is 65.2 Å². The Labute approximate surface area is 155 Å². The number of nitrogens with zero attached hydrogens (tertiary/aromatic N) is 2. The van der Waals surface area contributed by atoms with E-state index in [2.05, 4.69) is 0 Å². The van der Waals surface area contributed by atoms with Crippen molar-refractivity contribution in [2.45, 2.75) is 11.4 Å². The molecule has 0 aromatic heterocycles. The topological polar surface area (TPSA) is 40.6 Å². The van der Waals surface area contributed by atoms with Gasteiger partial charge in [0.1, 0.15) is 0 Å². The summed E-state index contributed by atoms with van der Waals surface area (Å²) in [5.74, 6) is 0. The van der Waals surface area contributed by atoms with Gasteiger partial charge in [-0.05, 0) is 43.9 Å². The molecule has 0 radical (unpaired) electrons. The summed E-state index contributed by atoms with van der Waals surface area (Å²) in [4.78, 5) is 2.23. The van der Waals surface area contributed by atoms with Gasteiger partial charge in [0.05, 0.1) is 4.90 Å². The van der Waals surface area contributed by atoms with Crippen LogP contribution in [0.1, 0.15) is 5.56 Å². The predicted molar refractivity (Wildman–Crippen MR) is 101 cm³/mol. The molecule has 0 unspecified atom stereocenters. The van der Waals surface area contributed by atoms with E-state index in [0.29, 0.717) is 24.7 Å². The van der Waals surface area contributed by atoms with Crippen LogP contribution < -0.4 is 0 Å². The van der Waals surface area contributed by atoms with Crippen molar-refractivity contribution >= 4 is 34.0 Å². The average molecular weight is 389 g/mol. The van der Waals surface area contributed by atoms with Gasteiger partial charge in [-0.15, -0.1) is 12.4 Å². The Kier molecular flexibility index (Phi) is 8.19. The van der Waals surface area contributed by atoms with Crippen LogP contribution in [0.3, 0.4) is 0 Å². The van der Waals surface area contributed by atoms with Crippen LogP contribution in [0.25, 0.3) is 0 Å². The van der Waals surface area contributed by atoms with E-state index >= 15 is 0 Å². The Bertz CT molecular complexity index is 720. The maximum Gasteiger partial charge on any atom is 0.243 e. The van der Waals surface area contributed by atoms with Crippen LogP contribution in [0.2, 0.25) is 5.02 Å². The lowest BCUT2D eigenvalue weighted by Crippen LogP contribution is -2.36. The van der Waals surface area contributed by atoms with Crippen molar-refractivity contribution < 1.29 is 8.42 Å². The summed E-state index contributed by atoms with van der Waals surface area (Å²) in [6.07, 6.45) is 0. The first-order valence-electron chi connectivity index (χ1n) is 7.34. The molecule has 24 heavy (non-hydrogen) atoms. The number of halogens is 2. The fourth-order valence-corrected chi connectivity index (χ4v) is 3.68. The normalized spacial score (nSPS) is 11.5. The molecule has 0 aliphatic heterocycles. The summed E-state index contributed by atoms with van der Waals surface area (Å²) in [6, 6.07) is 15.9. The number of hydrogen-bond donors (Lipinski definition) is 0. The van der Waals surface area contributed by atoms with Gasteiger partial charge in [0, 0.05) is 24.7 Å². The highest BCUT2D eigenvalue weighted by molar-refractivity contribution is 7.89. The second-order valence-electron chi connectivity index (χ2n) is 5.58. The van der Waals surface area contributed by atoms with Crippen LogP contribution in [0.4, 0.5) is 0 Å². The zero-order valence-corrected chi connectivity index (χ0v) is 16.1. The molecular formula is C17H22Cl2N2O2S. The lowest BCUT2D eigenvalue weighted by atomic mass is 10.2. The number of rotatable bonds is 7. The Balaban J connectivity index is 0.00000288. The molecule has 2 aromatic carbocycles. The molecule has 132 valence electrons. The van der Waals surface area contributed by atoms with Crippen LogP contribution in [0.5, 0.6) is 0 Å². The lowest BCUT2D eigenvalue weighted by molar-refractivity contribution is 0.329. The van der Waals surface area contributed by atoms with E-state index in [1.165, 1.54) is 4.31 Å². The van der Waals surface area contributed by atoms with E-state index in [-0.39, 0.29) is 17.3 Å². The van der Waals surface area contributed by atoms with E-state index in [0.717, 1.165) is 5.56 Å². The number of sulfonamides is 1. The summed E-state index contributed by atoms with van der Waals surface area (Å²) in [7, 11) is 0.289. The fourth-order valence-electron chi connectivity index (χ4n) is 2.14. The van der Waals surface area contributed by atoms with E-state index in [4.69, 9.17) is 11.6 Å². The molecule has 0 bridgehead atoms. The standard InChI is InChI=1S/C17H21ClN2O2S.ClH/c1-19(2)12-13-20(14-15-6-4-3-5-7-15)23(21,22)17-10-8-16(18)9-11-17;/h3-11H,12-14H2,1-2H3;1H. The molecule has 2 rings (SSSR count). The minimum atomic E-state index is -3.56. The summed E-state index contributed by atoms with van der Waals surface area (Å²) in [5, 5.41) is 0.520. The molecule has 0 heterocycles. The molecule has 0 saturated carbocycles. The molecule has 0 saturated heterocycles. The minimum Gasteiger partial charge on any atom is -0.308 e. The van der Waals surface area contributed by atoms with Crippen molar-refractivity contribution in [2.75, 3.05) is 27.2 Å². The van der Waals surface area contributed by atoms with Crippen molar-refractivity contribution in [3.8, 4) is 0 Å². The predicted octanol–water partition coefficient (Wildman–Crippen LogP) is 3.51. The molecular weight excluding hydrogens is 367 g/mol. The molecule has 0 aliphatic rings. The van der Waals surface area contributed by atoms with Gasteiger partial charge in [0.25, 0.3) is 0 Å². The molecule has 7 heteroatoms. The third kappa shape index (κ3) is 5.76. The second kappa shape index (κ2) is 9.39. The Morgan fingerprint density at radius 1 is 0.917 bits per heavy atom. The first kappa shape index (κ1) is 20.9. The van der Waals surface area contributed by atoms with Crippen molar-refractivity contribution in [2.24, 2.45) is 0 Å². The number of hydrogen-bond acceptors (Lipinski definition) is 3. The highest BCUT2D eigenvalue weighted by Crippen LogP contribution is 2.20. The Morgan fingerprint density at radius 3 is 2.04 bits per heavy atom. The third-order valence-electron chi connectivity index (χ3n) is 3.45. The molecule has 0 fully saturated rings. The molecule has 0 amide bonds. The molecule has 0 N–H and O–H groups in total. The minimum absolute atomic E-state index is 0. The van der Waals surface area contributed by atoms with Gasteiger partial charge >= 0.3 is 0 Å². The van der Waals surface area contributed by atoms with E-state index in [1.807, 2.05) is 49.3 Å². The first-order chi connectivity index (χ1) is 10.9. The molecule has 2 aromatic rings. The van der Waals surface area contributed by atoms with Crippen molar-refractivity contribution in [3.63, 3.8) is 0 Å². The van der Waals surface area contributed by atoms with Gasteiger partial charge < -0.3 is 4.90 Å². The van der Waals surface area contributed by atoms with Gasteiger partial charge in [0.15, 0.2) is 0 Å². The summed E-state index contributed by atoms with van der Waals surface area (Å²) >= 11 is 5.86. The Morgan fingerprint density at radius 2 is 1.50 bits per heavy atom. The van der Waals surface area contributed by atoms with Gasteiger partial charge in [-0.1, -0.05) is 41.9 Å². The van der Waals surface area contributed by atoms with Crippen molar-refractivity contribution in [1.82, 2.24) is 9.21 Å². The maximum absolute atomic E-state index is 12.9. The highest BCUT2D eigenvalue weighted by atomic mass is 35.5. The average Bonchev–Trinajstić information content (AvgIpc) is 2.52. The SMILES string of the molecule is CN(C)CCN(Cc1ccccc1)S(=O)(=O)c1ccc(Cl)cc1.Cl. The van der Waals surface area contributed by atoms with Gasteiger partial charge in [0.2, 0.25) is 10.0 Å². The van der Waals surface area contributed by atoms with Gasteiger partial charge in [-0.2, -0.15) is 4.31 Å². The van der Waals surface area contributed by atoms with Crippen LogP contribution in [-0.4, -0.2) is 44.8 Å². The summed E-state index contributed by atoms with van der Waals surface area (Å²) in [5.41, 5.74) is 0.962. The highest BCUT2D eigenvalue weighted by Gasteiger charge is 2.24. The van der Waals surface area contributed by atoms with Crippen LogP contribution in [-0.2, 0) is 16.6 Å². The molecule has 4 nitrogen and oxygen atoms in total. The first-order valence-corrected chi connectivity index (χ1v) is 9.16. The van der Waals surface area contributed by atoms with E-state index < -0.39 is 10.0 Å². The maximum atomic E-state index is 12.9. The lowest BCUT2D eigenvalue weighted by Gasteiger charge is -2.24. The van der Waals surface area contributed by atoms with E-state index in [1.54, 1.807) is 24.3 Å². The summed E-state index contributed by atoms with van der Waals surface area (Å²) in [6.45, 7) is 1.42. The molecule has 0 atom stereocenters. The van der Waals surface area contributed by atoms with Crippen LogP contribution in [0, 0.1) is 0 Å². The van der Waals surface area contributed by atoms with Gasteiger partial charge in [-0.3, -0.25) is 0 Å². The monoisotopic (exact) mass is 388 g/mol. The molecule has 0 spiro atoms. The fraction of sp³-hybridized carbons (Fsp3) is 0.294. The van der Waals surface area contributed by atoms with Crippen molar-refractivity contribution in [1.29, 1.82) is 0 Å². The largest absolute Gasteiger partial charge is 0.308 e. The van der Waals surface area contributed by atoms with Crippen LogP contribution in [0.15, 0.2) is 59.5 Å². The van der Waals surface area contributed by atoms with Gasteiger partial charge in [-0.25, -0.2) is 8.42 Å². The van der Waals surface area contributed by atoms with Crippen LogP contribution >= 0.6 is 24.0 Å². The zero-order valence-electron chi connectivity index (χ0n) is 13.7. The smallest absolute Gasteiger partial charge is 0.243 e.